The van der Waals surface area contributed by atoms with Gasteiger partial charge in [0.05, 0.1) is 21.7 Å². The molecule has 0 aliphatic carbocycles. The lowest BCUT2D eigenvalue weighted by molar-refractivity contribution is 0.626. The second kappa shape index (κ2) is 8.36. The fourth-order valence-corrected chi connectivity index (χ4v) is 3.90. The van der Waals surface area contributed by atoms with Gasteiger partial charge in [0.25, 0.3) is 0 Å². The van der Waals surface area contributed by atoms with Gasteiger partial charge in [0.15, 0.2) is 0 Å². The average molecular weight is 435 g/mol. The Hall–Kier alpha value is -3.06. The molecule has 0 unspecified atom stereocenters. The maximum absolute atomic E-state index is 13.3. The molecule has 0 saturated carbocycles. The third-order valence-electron chi connectivity index (χ3n) is 5.17. The van der Waals surface area contributed by atoms with Gasteiger partial charge in [0, 0.05) is 28.7 Å². The quantitative estimate of drug-likeness (QED) is 0.305. The summed E-state index contributed by atoms with van der Waals surface area (Å²) >= 11 is 12.2. The van der Waals surface area contributed by atoms with E-state index >= 15 is 0 Å². The molecule has 2 nitrogen and oxygen atoms in total. The highest BCUT2D eigenvalue weighted by Gasteiger charge is 2.14. The number of nitrogens with zero attached hydrogens (tertiary/aromatic N) is 2. The summed E-state index contributed by atoms with van der Waals surface area (Å²) in [4.78, 5) is 0. The van der Waals surface area contributed by atoms with E-state index in [-0.39, 0.29) is 5.82 Å². The molecule has 0 bridgehead atoms. The molecule has 0 radical (unpaired) electrons. The Labute approximate surface area is 184 Å². The number of para-hydroxylation sites is 1. The Morgan fingerprint density at radius 3 is 2.47 bits per heavy atom. The minimum Gasteiger partial charge on any atom is -0.340 e. The van der Waals surface area contributed by atoms with Crippen molar-refractivity contribution in [2.75, 3.05) is 0 Å². The lowest BCUT2D eigenvalue weighted by Crippen LogP contribution is -2.02. The summed E-state index contributed by atoms with van der Waals surface area (Å²) in [7, 11) is 0. The predicted molar refractivity (Wildman–Crippen MR) is 122 cm³/mol. The van der Waals surface area contributed by atoms with Crippen LogP contribution >= 0.6 is 23.2 Å². The molecule has 3 aromatic carbocycles. The number of nitriles is 1. The molecule has 0 saturated heterocycles. The molecular formula is C25H17Cl2FN2. The number of allylic oxidation sites excluding steroid dienone is 1. The number of hydrogen-bond donors (Lipinski definition) is 0. The standard InChI is InChI=1S/C25H17Cl2FN2/c1-16-22(12-19(14-29)18-8-11-23(26)24(27)13-18)21-4-2-3-5-25(21)30(16)15-17-6-9-20(28)10-7-17/h2-13H,15H2,1H3/b19-12+. The Balaban J connectivity index is 1.85. The van der Waals surface area contributed by atoms with Gasteiger partial charge in [-0.2, -0.15) is 5.26 Å². The molecule has 0 spiro atoms. The zero-order chi connectivity index (χ0) is 21.3. The van der Waals surface area contributed by atoms with Crippen molar-refractivity contribution in [2.45, 2.75) is 13.5 Å². The minimum absolute atomic E-state index is 0.253. The zero-order valence-electron chi connectivity index (χ0n) is 16.2. The van der Waals surface area contributed by atoms with Gasteiger partial charge in [-0.3, -0.25) is 0 Å². The molecule has 1 heterocycles. The number of hydrogen-bond acceptors (Lipinski definition) is 1. The van der Waals surface area contributed by atoms with Gasteiger partial charge in [-0.05, 0) is 54.5 Å². The van der Waals surface area contributed by atoms with E-state index in [4.69, 9.17) is 23.2 Å². The molecule has 0 amide bonds. The van der Waals surface area contributed by atoms with E-state index < -0.39 is 0 Å². The first-order chi connectivity index (χ1) is 14.5. The monoisotopic (exact) mass is 434 g/mol. The molecule has 0 aliphatic rings. The highest BCUT2D eigenvalue weighted by molar-refractivity contribution is 6.42. The summed E-state index contributed by atoms with van der Waals surface area (Å²) < 4.78 is 15.5. The van der Waals surface area contributed by atoms with Crippen LogP contribution in [-0.2, 0) is 6.54 Å². The number of benzene rings is 3. The van der Waals surface area contributed by atoms with Gasteiger partial charge in [-0.1, -0.05) is 59.6 Å². The fourth-order valence-electron chi connectivity index (χ4n) is 3.60. The summed E-state index contributed by atoms with van der Waals surface area (Å²) in [5.74, 6) is -0.253. The lowest BCUT2D eigenvalue weighted by atomic mass is 10.0. The normalized spacial score (nSPS) is 11.6. The van der Waals surface area contributed by atoms with Crippen LogP contribution < -0.4 is 0 Å². The van der Waals surface area contributed by atoms with Crippen LogP contribution in [0.1, 0.15) is 22.4 Å². The third-order valence-corrected chi connectivity index (χ3v) is 5.91. The summed E-state index contributed by atoms with van der Waals surface area (Å²) in [5.41, 5.74) is 5.25. The van der Waals surface area contributed by atoms with Crippen LogP contribution in [0.25, 0.3) is 22.6 Å². The summed E-state index contributed by atoms with van der Waals surface area (Å²) in [6.45, 7) is 2.63. The van der Waals surface area contributed by atoms with Crippen LogP contribution in [0, 0.1) is 24.1 Å². The van der Waals surface area contributed by atoms with Crippen LogP contribution in [0.3, 0.4) is 0 Å². The first kappa shape index (κ1) is 20.2. The second-order valence-electron chi connectivity index (χ2n) is 7.03. The van der Waals surface area contributed by atoms with Crippen molar-refractivity contribution >= 4 is 45.8 Å². The van der Waals surface area contributed by atoms with E-state index in [2.05, 4.69) is 16.7 Å². The molecule has 0 atom stereocenters. The maximum Gasteiger partial charge on any atom is 0.123 e. The SMILES string of the molecule is Cc1c(/C=C(\C#N)c2ccc(Cl)c(Cl)c2)c2ccccc2n1Cc1ccc(F)cc1. The van der Waals surface area contributed by atoms with Crippen molar-refractivity contribution in [1.82, 2.24) is 4.57 Å². The molecule has 4 aromatic rings. The lowest BCUT2D eigenvalue weighted by Gasteiger charge is -2.09. The maximum atomic E-state index is 13.3. The number of fused-ring (bicyclic) bond motifs is 1. The Kier molecular flexibility index (Phi) is 5.63. The van der Waals surface area contributed by atoms with Crippen LogP contribution in [0.2, 0.25) is 10.0 Å². The Bertz CT molecular complexity index is 1310. The average Bonchev–Trinajstić information content (AvgIpc) is 3.01. The molecule has 4 rings (SSSR count). The van der Waals surface area contributed by atoms with Crippen molar-refractivity contribution in [3.05, 3.63) is 105 Å². The molecule has 148 valence electrons. The largest absolute Gasteiger partial charge is 0.340 e. The molecule has 30 heavy (non-hydrogen) atoms. The van der Waals surface area contributed by atoms with Crippen molar-refractivity contribution in [1.29, 1.82) is 5.26 Å². The van der Waals surface area contributed by atoms with E-state index in [9.17, 15) is 9.65 Å². The van der Waals surface area contributed by atoms with Gasteiger partial charge in [-0.25, -0.2) is 4.39 Å². The first-order valence-corrected chi connectivity index (χ1v) is 10.1. The highest BCUT2D eigenvalue weighted by atomic mass is 35.5. The molecule has 0 N–H and O–H groups in total. The van der Waals surface area contributed by atoms with E-state index in [1.807, 2.05) is 31.2 Å². The van der Waals surface area contributed by atoms with E-state index in [1.54, 1.807) is 30.3 Å². The van der Waals surface area contributed by atoms with E-state index in [0.717, 1.165) is 27.7 Å². The fraction of sp³-hybridized carbons (Fsp3) is 0.0800. The van der Waals surface area contributed by atoms with Crippen molar-refractivity contribution in [3.63, 3.8) is 0 Å². The molecule has 0 aliphatic heterocycles. The first-order valence-electron chi connectivity index (χ1n) is 9.37. The summed E-state index contributed by atoms with van der Waals surface area (Å²) in [5, 5.41) is 11.7. The van der Waals surface area contributed by atoms with Crippen molar-refractivity contribution in [2.24, 2.45) is 0 Å². The van der Waals surface area contributed by atoms with E-state index in [0.29, 0.717) is 27.7 Å². The van der Waals surface area contributed by atoms with Crippen LogP contribution in [0.15, 0.2) is 66.7 Å². The van der Waals surface area contributed by atoms with Crippen LogP contribution in [0.4, 0.5) is 4.39 Å². The number of halogens is 3. The Morgan fingerprint density at radius 1 is 1.03 bits per heavy atom. The smallest absolute Gasteiger partial charge is 0.123 e. The topological polar surface area (TPSA) is 28.7 Å². The van der Waals surface area contributed by atoms with Crippen molar-refractivity contribution in [3.8, 4) is 6.07 Å². The Morgan fingerprint density at radius 2 is 1.77 bits per heavy atom. The predicted octanol–water partition coefficient (Wildman–Crippen LogP) is 7.51. The van der Waals surface area contributed by atoms with Crippen LogP contribution in [0.5, 0.6) is 0 Å². The minimum atomic E-state index is -0.253. The molecule has 1 aromatic heterocycles. The summed E-state index contributed by atoms with van der Waals surface area (Å²) in [6.07, 6.45) is 1.89. The van der Waals surface area contributed by atoms with Crippen molar-refractivity contribution < 1.29 is 4.39 Å². The summed E-state index contributed by atoms with van der Waals surface area (Å²) in [6, 6.07) is 22.0. The molecule has 5 heteroatoms. The second-order valence-corrected chi connectivity index (χ2v) is 7.84. The molecular weight excluding hydrogens is 418 g/mol. The highest BCUT2D eigenvalue weighted by Crippen LogP contribution is 2.32. The number of aromatic nitrogens is 1. The van der Waals surface area contributed by atoms with E-state index in [1.165, 1.54) is 12.1 Å². The zero-order valence-corrected chi connectivity index (χ0v) is 17.7. The number of rotatable bonds is 4. The van der Waals surface area contributed by atoms with Crippen LogP contribution in [-0.4, -0.2) is 4.57 Å². The van der Waals surface area contributed by atoms with Gasteiger partial charge in [-0.15, -0.1) is 0 Å². The molecule has 0 fully saturated rings. The van der Waals surface area contributed by atoms with Gasteiger partial charge >= 0.3 is 0 Å². The third kappa shape index (κ3) is 3.85. The van der Waals surface area contributed by atoms with Gasteiger partial charge < -0.3 is 4.57 Å². The van der Waals surface area contributed by atoms with Gasteiger partial charge in [0.1, 0.15) is 5.82 Å². The van der Waals surface area contributed by atoms with Gasteiger partial charge in [0.2, 0.25) is 0 Å².